The van der Waals surface area contributed by atoms with Crippen LogP contribution in [0.25, 0.3) is 11.0 Å². The summed E-state index contributed by atoms with van der Waals surface area (Å²) in [5, 5.41) is 0.216. The molecule has 3 aromatic rings. The highest BCUT2D eigenvalue weighted by Gasteiger charge is 2.54. The second-order valence-electron chi connectivity index (χ2n) is 9.38. The monoisotopic (exact) mass is 607 g/mol. The van der Waals surface area contributed by atoms with Gasteiger partial charge in [-0.15, -0.1) is 0 Å². The molecule has 4 bridgehead atoms. The van der Waals surface area contributed by atoms with Gasteiger partial charge >= 0.3 is 18.4 Å². The standard InChI is InChI=1S/C25H29N5O7S3/c1-34-13-4-5-15-16(10-13)30-22(29-15)40(33)12-17-19-18-14(11-28-17)24(26,6-8-38-2)20(31)36-23(35-19)37-21(32)25(18,27)7-9-39-3/h4-5,10-11,23H,6-9,12,26-27H2,1-3H3,(H,29,30). The Balaban J connectivity index is 1.65. The van der Waals surface area contributed by atoms with E-state index in [2.05, 4.69) is 15.0 Å². The fraction of sp³-hybridized carbons (Fsp3) is 0.440. The van der Waals surface area contributed by atoms with Crippen LogP contribution in [-0.4, -0.2) is 68.7 Å². The summed E-state index contributed by atoms with van der Waals surface area (Å²) in [6.45, 7) is -1.74. The Morgan fingerprint density at radius 3 is 2.42 bits per heavy atom. The summed E-state index contributed by atoms with van der Waals surface area (Å²) in [7, 11) is -0.159. The fourth-order valence-corrected chi connectivity index (χ4v) is 6.76. The third kappa shape index (κ3) is 4.93. The van der Waals surface area contributed by atoms with Crippen molar-refractivity contribution in [3.63, 3.8) is 0 Å². The second-order valence-corrected chi connectivity index (χ2v) is 12.7. The first-order valence-corrected chi connectivity index (χ1v) is 16.3. The third-order valence-electron chi connectivity index (χ3n) is 6.94. The Bertz CT molecular complexity index is 1500. The predicted molar refractivity (Wildman–Crippen MR) is 151 cm³/mol. The van der Waals surface area contributed by atoms with Crippen LogP contribution in [0.15, 0.2) is 29.6 Å². The van der Waals surface area contributed by atoms with Crippen LogP contribution in [0, 0.1) is 0 Å². The molecule has 12 nitrogen and oxygen atoms in total. The molecule has 4 heterocycles. The maximum Gasteiger partial charge on any atom is 0.410 e. The van der Waals surface area contributed by atoms with E-state index < -0.39 is 40.3 Å². The number of methoxy groups -OCH3 is 1. The molecule has 1 aromatic carbocycles. The van der Waals surface area contributed by atoms with Gasteiger partial charge in [-0.05, 0) is 49.0 Å². The van der Waals surface area contributed by atoms with Crippen molar-refractivity contribution in [3.05, 3.63) is 41.2 Å². The third-order valence-corrected chi connectivity index (χ3v) is 9.32. The van der Waals surface area contributed by atoms with Crippen LogP contribution in [0.1, 0.15) is 29.7 Å². The van der Waals surface area contributed by atoms with Crippen molar-refractivity contribution in [3.8, 4) is 11.5 Å². The predicted octanol–water partition coefficient (Wildman–Crippen LogP) is 1.86. The lowest BCUT2D eigenvalue weighted by molar-refractivity contribution is -0.239. The van der Waals surface area contributed by atoms with Gasteiger partial charge in [0.1, 0.15) is 16.8 Å². The van der Waals surface area contributed by atoms with Gasteiger partial charge in [0.25, 0.3) is 0 Å². The van der Waals surface area contributed by atoms with Crippen molar-refractivity contribution >= 4 is 57.3 Å². The Morgan fingerprint density at radius 2 is 1.75 bits per heavy atom. The number of pyridine rings is 1. The van der Waals surface area contributed by atoms with E-state index in [0.717, 1.165) is 0 Å². The van der Waals surface area contributed by atoms with Crippen molar-refractivity contribution in [1.82, 2.24) is 15.0 Å². The molecule has 0 aliphatic carbocycles. The molecule has 4 unspecified atom stereocenters. The molecule has 0 saturated heterocycles. The first-order valence-electron chi connectivity index (χ1n) is 12.2. The summed E-state index contributed by atoms with van der Waals surface area (Å²) >= 11 is 2.99. The van der Waals surface area contributed by atoms with E-state index >= 15 is 0 Å². The highest BCUT2D eigenvalue weighted by molar-refractivity contribution is 7.98. The van der Waals surface area contributed by atoms with E-state index in [1.165, 1.54) is 29.7 Å². The molecule has 4 atom stereocenters. The van der Waals surface area contributed by atoms with E-state index in [1.807, 2.05) is 12.5 Å². The Morgan fingerprint density at radius 1 is 1.07 bits per heavy atom. The Hall–Kier alpha value is -2.85. The van der Waals surface area contributed by atoms with Gasteiger partial charge in [-0.3, -0.25) is 9.19 Å². The van der Waals surface area contributed by atoms with Gasteiger partial charge in [-0.2, -0.15) is 23.5 Å². The molecule has 0 saturated carbocycles. The summed E-state index contributed by atoms with van der Waals surface area (Å²) < 4.78 is 35.6. The van der Waals surface area contributed by atoms with Crippen LogP contribution < -0.4 is 20.9 Å². The average molecular weight is 608 g/mol. The minimum atomic E-state index is -1.74. The molecule has 0 spiro atoms. The molecule has 2 aliphatic heterocycles. The molecular weight excluding hydrogens is 579 g/mol. The molecule has 40 heavy (non-hydrogen) atoms. The fourth-order valence-electron chi connectivity index (χ4n) is 4.69. The number of esters is 2. The van der Waals surface area contributed by atoms with E-state index in [1.54, 1.807) is 25.3 Å². The maximum absolute atomic E-state index is 13.5. The number of hydrogen-bond acceptors (Lipinski definition) is 13. The summed E-state index contributed by atoms with van der Waals surface area (Å²) in [5.74, 6) is -0.0800. The van der Waals surface area contributed by atoms with Gasteiger partial charge in [0, 0.05) is 23.4 Å². The zero-order valence-corrected chi connectivity index (χ0v) is 24.5. The summed E-state index contributed by atoms with van der Waals surface area (Å²) in [6, 6.07) is 5.26. The second kappa shape index (κ2) is 11.2. The highest BCUT2D eigenvalue weighted by atomic mass is 32.2. The van der Waals surface area contributed by atoms with E-state index in [9.17, 15) is 13.8 Å². The van der Waals surface area contributed by atoms with Crippen LogP contribution in [0.3, 0.4) is 0 Å². The number of ether oxygens (including phenoxy) is 4. The molecule has 5 N–H and O–H groups in total. The molecule has 0 radical (unpaired) electrons. The van der Waals surface area contributed by atoms with Crippen LogP contribution in [0.4, 0.5) is 0 Å². The lowest BCUT2D eigenvalue weighted by atomic mass is 9.77. The zero-order valence-electron chi connectivity index (χ0n) is 22.1. The number of aromatic amines is 1. The minimum absolute atomic E-state index is 0.0644. The van der Waals surface area contributed by atoms with E-state index in [0.29, 0.717) is 28.3 Å². The molecule has 0 amide bonds. The quantitative estimate of drug-likeness (QED) is 0.284. The first-order chi connectivity index (χ1) is 19.1. The van der Waals surface area contributed by atoms with Crippen LogP contribution in [-0.2, 0) is 46.7 Å². The number of nitrogens with one attached hydrogen (secondary N) is 1. The Labute approximate surface area is 241 Å². The summed E-state index contributed by atoms with van der Waals surface area (Å²) in [5.41, 5.74) is 12.1. The normalized spacial score (nSPS) is 24.5. The van der Waals surface area contributed by atoms with Crippen LogP contribution in [0.5, 0.6) is 11.5 Å². The van der Waals surface area contributed by atoms with Crippen molar-refractivity contribution in [1.29, 1.82) is 0 Å². The number of fused-ring (bicyclic) bond motifs is 2. The number of H-pyrrole nitrogens is 1. The van der Waals surface area contributed by atoms with Gasteiger partial charge in [0.2, 0.25) is 0 Å². The lowest BCUT2D eigenvalue weighted by Gasteiger charge is -2.35. The van der Waals surface area contributed by atoms with E-state index in [-0.39, 0.29) is 46.3 Å². The number of carbonyl (C=O) groups excluding carboxylic acids is 2. The molecule has 15 heteroatoms. The van der Waals surface area contributed by atoms with Crippen molar-refractivity contribution in [2.45, 2.75) is 41.3 Å². The van der Waals surface area contributed by atoms with Crippen molar-refractivity contribution in [2.75, 3.05) is 31.1 Å². The van der Waals surface area contributed by atoms with Gasteiger partial charge in [0.05, 0.1) is 40.4 Å². The van der Waals surface area contributed by atoms with Crippen LogP contribution in [0.2, 0.25) is 0 Å². The van der Waals surface area contributed by atoms with Gasteiger partial charge in [-0.1, -0.05) is 0 Å². The molecule has 5 rings (SSSR count). The van der Waals surface area contributed by atoms with Crippen LogP contribution >= 0.6 is 23.5 Å². The van der Waals surface area contributed by atoms with Gasteiger partial charge < -0.3 is 35.4 Å². The number of hydrogen-bond donors (Lipinski definition) is 3. The summed E-state index contributed by atoms with van der Waals surface area (Å²) in [6.07, 6.45) is 5.52. The number of nitrogens with zero attached hydrogens (tertiary/aromatic N) is 2. The molecule has 2 aliphatic rings. The highest BCUT2D eigenvalue weighted by Crippen LogP contribution is 2.46. The maximum atomic E-state index is 13.5. The van der Waals surface area contributed by atoms with Crippen molar-refractivity contribution < 1.29 is 32.7 Å². The molecule has 214 valence electrons. The van der Waals surface area contributed by atoms with Gasteiger partial charge in [-0.25, -0.2) is 14.6 Å². The number of benzene rings is 1. The SMILES string of the molecule is COc1ccc2nc(S(=O)Cc3ncc4c5c3OC(OC(=O)C4(N)CCSC)OC(=O)C5(N)CCSC)[nH]c2c1. The summed E-state index contributed by atoms with van der Waals surface area (Å²) in [4.78, 5) is 38.7. The number of nitrogens with two attached hydrogens (primary N) is 2. The van der Waals surface area contributed by atoms with Gasteiger partial charge in [0.15, 0.2) is 10.9 Å². The number of aromatic nitrogens is 3. The zero-order chi connectivity index (χ0) is 28.7. The average Bonchev–Trinajstić information content (AvgIpc) is 3.34. The lowest BCUT2D eigenvalue weighted by Crippen LogP contribution is -2.52. The topological polar surface area (TPSA) is 182 Å². The smallest absolute Gasteiger partial charge is 0.410 e. The number of thioether (sulfide) groups is 2. The number of imidazole rings is 1. The number of carbonyl (C=O) groups is 2. The Kier molecular flexibility index (Phi) is 8.03. The first kappa shape index (κ1) is 28.7. The molecule has 2 aromatic heterocycles. The van der Waals surface area contributed by atoms with E-state index in [4.69, 9.17) is 30.4 Å². The van der Waals surface area contributed by atoms with Crippen molar-refractivity contribution in [2.24, 2.45) is 11.5 Å². The molecule has 0 fully saturated rings. The molecular formula is C25H29N5O7S3. The number of rotatable bonds is 10. The minimum Gasteiger partial charge on any atom is -0.497 e. The largest absolute Gasteiger partial charge is 0.497 e.